The Morgan fingerprint density at radius 2 is 1.97 bits per heavy atom. The first-order chi connectivity index (χ1) is 14.2. The maximum absolute atomic E-state index is 8.76. The highest BCUT2D eigenvalue weighted by molar-refractivity contribution is 6.13. The predicted octanol–water partition coefficient (Wildman–Crippen LogP) is 3.11. The third-order valence-electron chi connectivity index (χ3n) is 5.05. The fourth-order valence-corrected chi connectivity index (χ4v) is 3.60. The van der Waals surface area contributed by atoms with E-state index in [0.717, 1.165) is 37.2 Å². The number of aromatic nitrogens is 2. The minimum atomic E-state index is 0.322. The van der Waals surface area contributed by atoms with Crippen molar-refractivity contribution in [2.24, 2.45) is 0 Å². The summed E-state index contributed by atoms with van der Waals surface area (Å²) < 4.78 is 5.92. The lowest BCUT2D eigenvalue weighted by Gasteiger charge is -2.31. The first kappa shape index (κ1) is 19.1. The van der Waals surface area contributed by atoms with Crippen molar-refractivity contribution in [3.8, 4) is 11.5 Å². The van der Waals surface area contributed by atoms with Crippen molar-refractivity contribution in [2.45, 2.75) is 18.9 Å². The van der Waals surface area contributed by atoms with Crippen LogP contribution in [0.5, 0.6) is 11.5 Å². The Balaban J connectivity index is 1.54. The Morgan fingerprint density at radius 3 is 2.79 bits per heavy atom. The zero-order valence-electron chi connectivity index (χ0n) is 16.5. The van der Waals surface area contributed by atoms with Gasteiger partial charge in [0.1, 0.15) is 23.6 Å². The zero-order valence-corrected chi connectivity index (χ0v) is 16.5. The van der Waals surface area contributed by atoms with Crippen LogP contribution in [0.4, 0.5) is 5.82 Å². The van der Waals surface area contributed by atoms with Crippen molar-refractivity contribution in [1.29, 1.82) is 5.41 Å². The highest BCUT2D eigenvalue weighted by Gasteiger charge is 2.20. The second-order valence-corrected chi connectivity index (χ2v) is 7.35. The van der Waals surface area contributed by atoms with E-state index in [4.69, 9.17) is 10.1 Å². The van der Waals surface area contributed by atoms with E-state index in [2.05, 4.69) is 28.1 Å². The third kappa shape index (κ3) is 4.81. The molecule has 1 aromatic heterocycles. The number of hydrogen-bond donors (Lipinski definition) is 2. The molecule has 2 aromatic carbocycles. The molecule has 6 nitrogen and oxygen atoms in total. The molecule has 1 fully saturated rings. The van der Waals surface area contributed by atoms with E-state index in [1.165, 1.54) is 6.33 Å². The van der Waals surface area contributed by atoms with Gasteiger partial charge >= 0.3 is 0 Å². The largest absolute Gasteiger partial charge is 0.457 e. The molecule has 1 aliphatic heterocycles. The molecule has 0 unspecified atom stereocenters. The molecule has 29 heavy (non-hydrogen) atoms. The first-order valence-electron chi connectivity index (χ1n) is 9.86. The van der Waals surface area contributed by atoms with Gasteiger partial charge in [-0.25, -0.2) is 9.97 Å². The maximum Gasteiger partial charge on any atom is 0.185 e. The molecule has 2 N–H and O–H groups in total. The molecule has 0 aliphatic carbocycles. The SMILES string of the molecule is BN1CCC[C@@H](Nc2ncncc2C(=N)c2cccc(Oc3ccccc3)c2)C1. The molecule has 0 spiro atoms. The summed E-state index contributed by atoms with van der Waals surface area (Å²) in [4.78, 5) is 10.9. The molecule has 0 bridgehead atoms. The quantitative estimate of drug-likeness (QED) is 0.504. The Bertz CT molecular complexity index is 982. The van der Waals surface area contributed by atoms with Gasteiger partial charge in [-0.2, -0.15) is 0 Å². The number of para-hydroxylation sites is 1. The molecule has 1 aliphatic rings. The fraction of sp³-hybridized carbons (Fsp3) is 0.227. The van der Waals surface area contributed by atoms with Gasteiger partial charge in [0.15, 0.2) is 7.98 Å². The predicted molar refractivity (Wildman–Crippen MR) is 118 cm³/mol. The molecule has 0 amide bonds. The highest BCUT2D eigenvalue weighted by Crippen LogP contribution is 2.25. The number of nitrogens with one attached hydrogen (secondary N) is 2. The first-order valence-corrected chi connectivity index (χ1v) is 9.86. The van der Waals surface area contributed by atoms with E-state index < -0.39 is 0 Å². The van der Waals surface area contributed by atoms with Gasteiger partial charge in [0.25, 0.3) is 0 Å². The van der Waals surface area contributed by atoms with Crippen LogP contribution >= 0.6 is 0 Å². The molecule has 1 saturated heterocycles. The van der Waals surface area contributed by atoms with Crippen LogP contribution < -0.4 is 10.1 Å². The Kier molecular flexibility index (Phi) is 5.86. The molecular weight excluding hydrogens is 361 g/mol. The van der Waals surface area contributed by atoms with Crippen LogP contribution in [0.25, 0.3) is 0 Å². The third-order valence-corrected chi connectivity index (χ3v) is 5.05. The summed E-state index contributed by atoms with van der Waals surface area (Å²) in [5.41, 5.74) is 1.82. The standard InChI is InChI=1S/C22H24BN5O/c23-28-11-5-7-17(14-28)27-22-20(13-25-15-26-22)21(24)16-6-4-10-19(12-16)29-18-8-2-1-3-9-18/h1-4,6,8-10,12-13,15,17,24H,5,7,11,14,23H2,(H,25,26,27)/t17-/m1/s1. The van der Waals surface area contributed by atoms with Gasteiger partial charge in [-0.1, -0.05) is 30.3 Å². The van der Waals surface area contributed by atoms with Gasteiger partial charge in [-0.15, -0.1) is 0 Å². The van der Waals surface area contributed by atoms with Crippen molar-refractivity contribution in [3.63, 3.8) is 0 Å². The summed E-state index contributed by atoms with van der Waals surface area (Å²) in [6, 6.07) is 17.5. The van der Waals surface area contributed by atoms with Crippen LogP contribution in [0.2, 0.25) is 0 Å². The summed E-state index contributed by atoms with van der Waals surface area (Å²) in [5.74, 6) is 2.17. The number of hydrogen-bond acceptors (Lipinski definition) is 6. The molecule has 7 heteroatoms. The highest BCUT2D eigenvalue weighted by atomic mass is 16.5. The van der Waals surface area contributed by atoms with Gasteiger partial charge in [-0.3, -0.25) is 5.41 Å². The molecule has 0 saturated carbocycles. The zero-order chi connectivity index (χ0) is 20.1. The Morgan fingerprint density at radius 1 is 1.14 bits per heavy atom. The topological polar surface area (TPSA) is 74.1 Å². The monoisotopic (exact) mass is 385 g/mol. The minimum absolute atomic E-state index is 0.322. The normalized spacial score (nSPS) is 16.9. The van der Waals surface area contributed by atoms with Crippen molar-refractivity contribution >= 4 is 19.5 Å². The molecule has 2 heterocycles. The van der Waals surface area contributed by atoms with E-state index in [9.17, 15) is 0 Å². The summed E-state index contributed by atoms with van der Waals surface area (Å²) in [7, 11) is 2.13. The lowest BCUT2D eigenvalue weighted by molar-refractivity contribution is 0.343. The molecule has 1 atom stereocenters. The van der Waals surface area contributed by atoms with E-state index in [0.29, 0.717) is 28.9 Å². The van der Waals surface area contributed by atoms with Crippen LogP contribution in [-0.4, -0.2) is 47.6 Å². The average molecular weight is 385 g/mol. The molecule has 146 valence electrons. The summed E-state index contributed by atoms with van der Waals surface area (Å²) >= 11 is 0. The summed E-state index contributed by atoms with van der Waals surface area (Å²) in [6.07, 6.45) is 5.49. The van der Waals surface area contributed by atoms with Crippen LogP contribution in [0, 0.1) is 5.41 Å². The number of nitrogens with zero attached hydrogens (tertiary/aromatic N) is 3. The second kappa shape index (κ2) is 8.88. The second-order valence-electron chi connectivity index (χ2n) is 7.35. The van der Waals surface area contributed by atoms with E-state index in [-0.39, 0.29) is 0 Å². The fourth-order valence-electron chi connectivity index (χ4n) is 3.60. The molecule has 0 radical (unpaired) electrons. The van der Waals surface area contributed by atoms with Gasteiger partial charge < -0.3 is 14.9 Å². The van der Waals surface area contributed by atoms with Crippen molar-refractivity contribution in [3.05, 3.63) is 78.2 Å². The summed E-state index contributed by atoms with van der Waals surface area (Å²) in [5, 5.41) is 12.3. The summed E-state index contributed by atoms with van der Waals surface area (Å²) in [6.45, 7) is 2.09. The van der Waals surface area contributed by atoms with Gasteiger partial charge in [-0.05, 0) is 43.7 Å². The van der Waals surface area contributed by atoms with E-state index in [1.54, 1.807) is 6.20 Å². The molecule has 4 rings (SSSR count). The van der Waals surface area contributed by atoms with Crippen molar-refractivity contribution in [2.75, 3.05) is 18.4 Å². The Labute approximate surface area is 171 Å². The van der Waals surface area contributed by atoms with Gasteiger partial charge in [0, 0.05) is 24.3 Å². The van der Waals surface area contributed by atoms with E-state index in [1.807, 2.05) is 54.6 Å². The molecule has 3 aromatic rings. The number of piperidine rings is 1. The number of ether oxygens (including phenoxy) is 1. The van der Waals surface area contributed by atoms with Crippen LogP contribution in [0.1, 0.15) is 24.0 Å². The Hall–Kier alpha value is -3.19. The smallest absolute Gasteiger partial charge is 0.185 e. The average Bonchev–Trinajstić information content (AvgIpc) is 2.75. The lowest BCUT2D eigenvalue weighted by atomic mass is 10.0. The van der Waals surface area contributed by atoms with Crippen LogP contribution in [0.3, 0.4) is 0 Å². The molecular formula is C22H24BN5O. The van der Waals surface area contributed by atoms with Gasteiger partial charge in [0.05, 0.1) is 11.3 Å². The van der Waals surface area contributed by atoms with E-state index >= 15 is 0 Å². The van der Waals surface area contributed by atoms with Crippen molar-refractivity contribution in [1.82, 2.24) is 14.8 Å². The maximum atomic E-state index is 8.76. The van der Waals surface area contributed by atoms with Crippen LogP contribution in [0.15, 0.2) is 67.1 Å². The van der Waals surface area contributed by atoms with Crippen LogP contribution in [-0.2, 0) is 0 Å². The number of anilines is 1. The minimum Gasteiger partial charge on any atom is -0.457 e. The van der Waals surface area contributed by atoms with Gasteiger partial charge in [0.2, 0.25) is 0 Å². The van der Waals surface area contributed by atoms with Crippen molar-refractivity contribution < 1.29 is 4.74 Å². The number of rotatable bonds is 6. The lowest BCUT2D eigenvalue weighted by Crippen LogP contribution is -2.41. The number of benzene rings is 2.